The van der Waals surface area contributed by atoms with Crippen molar-refractivity contribution in [1.29, 1.82) is 0 Å². The Bertz CT molecular complexity index is 546. The lowest BCUT2D eigenvalue weighted by molar-refractivity contribution is 0.0918. The van der Waals surface area contributed by atoms with Gasteiger partial charge in [-0.15, -0.1) is 0 Å². The van der Waals surface area contributed by atoms with E-state index in [0.717, 1.165) is 11.3 Å². The lowest BCUT2D eigenvalue weighted by Crippen LogP contribution is -2.28. The quantitative estimate of drug-likeness (QED) is 0.636. The van der Waals surface area contributed by atoms with Gasteiger partial charge in [-0.1, -0.05) is 0 Å². The van der Waals surface area contributed by atoms with Gasteiger partial charge in [0.25, 0.3) is 5.91 Å². The van der Waals surface area contributed by atoms with Gasteiger partial charge in [-0.2, -0.15) is 0 Å². The number of nitrogens with two attached hydrogens (primary N) is 1. The summed E-state index contributed by atoms with van der Waals surface area (Å²) in [6.45, 7) is 2.61. The van der Waals surface area contributed by atoms with E-state index in [-0.39, 0.29) is 5.91 Å². The molecule has 1 aromatic heterocycles. The van der Waals surface area contributed by atoms with Crippen molar-refractivity contribution >= 4 is 11.6 Å². The van der Waals surface area contributed by atoms with E-state index in [1.165, 1.54) is 6.26 Å². The molecule has 0 saturated heterocycles. The van der Waals surface area contributed by atoms with Crippen LogP contribution in [0.2, 0.25) is 0 Å². The van der Waals surface area contributed by atoms with Crippen LogP contribution in [0.5, 0.6) is 5.75 Å². The minimum atomic E-state index is -0.233. The Hall–Kier alpha value is -2.43. The molecule has 0 unspecified atom stereocenters. The second kappa shape index (κ2) is 5.95. The first kappa shape index (κ1) is 13.0. The topological polar surface area (TPSA) is 77.5 Å². The van der Waals surface area contributed by atoms with Crippen molar-refractivity contribution in [1.82, 2.24) is 5.32 Å². The fourth-order valence-electron chi connectivity index (χ4n) is 1.58. The van der Waals surface area contributed by atoms with E-state index in [0.29, 0.717) is 24.6 Å². The van der Waals surface area contributed by atoms with Crippen LogP contribution in [0.3, 0.4) is 0 Å². The summed E-state index contributed by atoms with van der Waals surface area (Å²) in [5.74, 6) is 0.827. The number of amides is 1. The Morgan fingerprint density at radius 3 is 2.68 bits per heavy atom. The van der Waals surface area contributed by atoms with Gasteiger partial charge in [0.15, 0.2) is 5.76 Å². The number of ether oxygens (including phenoxy) is 1. The highest BCUT2D eigenvalue weighted by molar-refractivity contribution is 5.92. The molecule has 0 aliphatic carbocycles. The predicted octanol–water partition coefficient (Wildman–Crippen LogP) is 1.98. The minimum absolute atomic E-state index is 0.233. The molecular weight excluding hydrogens is 244 g/mol. The zero-order valence-electron chi connectivity index (χ0n) is 10.7. The van der Waals surface area contributed by atoms with E-state index < -0.39 is 0 Å². The highest BCUT2D eigenvalue weighted by atomic mass is 16.5. The molecule has 5 nitrogen and oxygen atoms in total. The summed E-state index contributed by atoms with van der Waals surface area (Å²) in [4.78, 5) is 11.7. The number of aryl methyl sites for hydroxylation is 1. The molecule has 19 heavy (non-hydrogen) atoms. The van der Waals surface area contributed by atoms with Crippen molar-refractivity contribution in [2.45, 2.75) is 6.92 Å². The van der Waals surface area contributed by atoms with Gasteiger partial charge >= 0.3 is 0 Å². The smallest absolute Gasteiger partial charge is 0.287 e. The Morgan fingerprint density at radius 1 is 1.32 bits per heavy atom. The van der Waals surface area contributed by atoms with Gasteiger partial charge in [-0.05, 0) is 37.3 Å². The van der Waals surface area contributed by atoms with E-state index in [1.54, 1.807) is 30.3 Å². The molecule has 0 bridgehead atoms. The van der Waals surface area contributed by atoms with Crippen LogP contribution in [0, 0.1) is 6.92 Å². The van der Waals surface area contributed by atoms with Gasteiger partial charge in [0, 0.05) is 11.3 Å². The number of carbonyl (C=O) groups excluding carboxylic acids is 1. The largest absolute Gasteiger partial charge is 0.492 e. The van der Waals surface area contributed by atoms with E-state index in [1.807, 2.05) is 6.92 Å². The Kier molecular flexibility index (Phi) is 4.07. The van der Waals surface area contributed by atoms with E-state index in [4.69, 9.17) is 14.9 Å². The third-order valence-electron chi connectivity index (χ3n) is 2.60. The Morgan fingerprint density at radius 2 is 2.05 bits per heavy atom. The van der Waals surface area contributed by atoms with Crippen LogP contribution in [-0.2, 0) is 0 Å². The van der Waals surface area contributed by atoms with Gasteiger partial charge < -0.3 is 20.2 Å². The Balaban J connectivity index is 1.74. The zero-order valence-corrected chi connectivity index (χ0v) is 10.7. The number of hydrogen-bond donors (Lipinski definition) is 2. The molecule has 1 amide bonds. The summed E-state index contributed by atoms with van der Waals surface area (Å²) in [5, 5.41) is 2.73. The van der Waals surface area contributed by atoms with Crippen LogP contribution in [0.25, 0.3) is 0 Å². The monoisotopic (exact) mass is 260 g/mol. The first-order valence-corrected chi connectivity index (χ1v) is 5.97. The van der Waals surface area contributed by atoms with E-state index in [2.05, 4.69) is 5.32 Å². The van der Waals surface area contributed by atoms with Crippen LogP contribution in [0.1, 0.15) is 16.1 Å². The second-order valence-electron chi connectivity index (χ2n) is 4.11. The molecular formula is C14H16N2O3. The summed E-state index contributed by atoms with van der Waals surface area (Å²) >= 11 is 0. The molecule has 100 valence electrons. The highest BCUT2D eigenvalue weighted by Crippen LogP contribution is 2.12. The van der Waals surface area contributed by atoms with Crippen molar-refractivity contribution < 1.29 is 13.9 Å². The number of carbonyl (C=O) groups is 1. The van der Waals surface area contributed by atoms with E-state index in [9.17, 15) is 4.79 Å². The lowest BCUT2D eigenvalue weighted by atomic mass is 10.3. The van der Waals surface area contributed by atoms with Crippen LogP contribution in [0.15, 0.2) is 41.0 Å². The third-order valence-corrected chi connectivity index (χ3v) is 2.60. The molecule has 3 N–H and O–H groups in total. The van der Waals surface area contributed by atoms with Crippen molar-refractivity contribution in [3.63, 3.8) is 0 Å². The van der Waals surface area contributed by atoms with Gasteiger partial charge in [0.2, 0.25) is 0 Å². The number of anilines is 1. The molecule has 0 aliphatic heterocycles. The molecule has 0 spiro atoms. The molecule has 2 rings (SSSR count). The summed E-state index contributed by atoms with van der Waals surface area (Å²) in [5.41, 5.74) is 7.07. The van der Waals surface area contributed by atoms with Crippen LogP contribution >= 0.6 is 0 Å². The van der Waals surface area contributed by atoms with Gasteiger partial charge in [-0.3, -0.25) is 4.79 Å². The Labute approximate surface area is 111 Å². The molecule has 0 aliphatic rings. The molecule has 0 atom stereocenters. The van der Waals surface area contributed by atoms with Crippen molar-refractivity contribution in [3.05, 3.63) is 47.9 Å². The SMILES string of the molecule is Cc1ccoc1C(=O)NCCOc1ccc(N)cc1. The van der Waals surface area contributed by atoms with Crippen molar-refractivity contribution in [3.8, 4) is 5.75 Å². The van der Waals surface area contributed by atoms with Crippen LogP contribution in [0.4, 0.5) is 5.69 Å². The number of nitrogens with one attached hydrogen (secondary N) is 1. The number of hydrogen-bond acceptors (Lipinski definition) is 4. The number of rotatable bonds is 5. The molecule has 0 saturated carbocycles. The molecule has 0 radical (unpaired) electrons. The number of furan rings is 1. The molecule has 0 fully saturated rings. The summed E-state index contributed by atoms with van der Waals surface area (Å²) < 4.78 is 10.5. The fourth-order valence-corrected chi connectivity index (χ4v) is 1.58. The van der Waals surface area contributed by atoms with E-state index >= 15 is 0 Å². The summed E-state index contributed by atoms with van der Waals surface area (Å²) in [7, 11) is 0. The summed E-state index contributed by atoms with van der Waals surface area (Å²) in [6.07, 6.45) is 1.50. The van der Waals surface area contributed by atoms with Gasteiger partial charge in [-0.25, -0.2) is 0 Å². The zero-order chi connectivity index (χ0) is 13.7. The maximum atomic E-state index is 11.7. The summed E-state index contributed by atoms with van der Waals surface area (Å²) in [6, 6.07) is 8.85. The highest BCUT2D eigenvalue weighted by Gasteiger charge is 2.11. The van der Waals surface area contributed by atoms with Crippen LogP contribution in [-0.4, -0.2) is 19.1 Å². The average molecular weight is 260 g/mol. The standard InChI is InChI=1S/C14H16N2O3/c1-10-6-8-19-13(10)14(17)16-7-9-18-12-4-2-11(15)3-5-12/h2-6,8H,7,9,15H2,1H3,(H,16,17). The van der Waals surface area contributed by atoms with Crippen LogP contribution < -0.4 is 15.8 Å². The van der Waals surface area contributed by atoms with Crippen molar-refractivity contribution in [2.75, 3.05) is 18.9 Å². The molecule has 1 heterocycles. The van der Waals surface area contributed by atoms with Gasteiger partial charge in [0.05, 0.1) is 12.8 Å². The maximum Gasteiger partial charge on any atom is 0.287 e. The average Bonchev–Trinajstić information content (AvgIpc) is 2.83. The number of benzene rings is 1. The third kappa shape index (κ3) is 3.51. The minimum Gasteiger partial charge on any atom is -0.492 e. The normalized spacial score (nSPS) is 10.2. The molecule has 5 heteroatoms. The lowest BCUT2D eigenvalue weighted by Gasteiger charge is -2.07. The van der Waals surface area contributed by atoms with Crippen molar-refractivity contribution in [2.24, 2.45) is 0 Å². The molecule has 1 aromatic carbocycles. The maximum absolute atomic E-state index is 11.7. The number of nitrogen functional groups attached to an aromatic ring is 1. The fraction of sp³-hybridized carbons (Fsp3) is 0.214. The van der Waals surface area contributed by atoms with Gasteiger partial charge in [0.1, 0.15) is 12.4 Å². The molecule has 2 aromatic rings. The first-order valence-electron chi connectivity index (χ1n) is 5.97. The predicted molar refractivity (Wildman–Crippen MR) is 72.1 cm³/mol. The first-order chi connectivity index (χ1) is 9.16. The second-order valence-corrected chi connectivity index (χ2v) is 4.11.